The fourth-order valence-corrected chi connectivity index (χ4v) is 2.37. The molecule has 1 fully saturated rings. The Kier molecular flexibility index (Phi) is 3.01. The quantitative estimate of drug-likeness (QED) is 0.850. The van der Waals surface area contributed by atoms with Crippen LogP contribution in [0.2, 0.25) is 0 Å². The van der Waals surface area contributed by atoms with Gasteiger partial charge in [-0.05, 0) is 37.9 Å². The molecule has 1 aromatic heterocycles. The van der Waals surface area contributed by atoms with E-state index >= 15 is 0 Å². The topological polar surface area (TPSA) is 53.7 Å². The minimum Gasteiger partial charge on any atom is -0.480 e. The SMILES string of the molecule is Cc1ccc(CN2CCC(C)C2C(=O)O)o1. The van der Waals surface area contributed by atoms with Crippen LogP contribution in [0, 0.1) is 12.8 Å². The van der Waals surface area contributed by atoms with E-state index in [1.807, 2.05) is 30.9 Å². The predicted octanol–water partition coefficient (Wildman–Crippen LogP) is 1.88. The minimum absolute atomic E-state index is 0.216. The standard InChI is InChI=1S/C12H17NO3/c1-8-5-6-13(11(8)12(14)15)7-10-4-3-9(2)16-10/h3-4,8,11H,5-7H2,1-2H3,(H,14,15). The molecule has 88 valence electrons. The number of carboxylic acid groups (broad SMARTS) is 1. The van der Waals surface area contributed by atoms with E-state index in [-0.39, 0.29) is 12.0 Å². The lowest BCUT2D eigenvalue weighted by atomic mass is 10.0. The van der Waals surface area contributed by atoms with Gasteiger partial charge in [0.05, 0.1) is 6.54 Å². The first-order valence-corrected chi connectivity index (χ1v) is 5.60. The second-order valence-electron chi connectivity index (χ2n) is 4.53. The smallest absolute Gasteiger partial charge is 0.321 e. The van der Waals surface area contributed by atoms with Gasteiger partial charge in [0, 0.05) is 0 Å². The van der Waals surface area contributed by atoms with E-state index in [0.29, 0.717) is 6.54 Å². The molecular formula is C12H17NO3. The molecule has 0 saturated carbocycles. The van der Waals surface area contributed by atoms with Gasteiger partial charge in [-0.2, -0.15) is 0 Å². The Bertz CT molecular complexity index is 385. The monoisotopic (exact) mass is 223 g/mol. The Balaban J connectivity index is 2.07. The van der Waals surface area contributed by atoms with Crippen LogP contribution in [0.1, 0.15) is 24.9 Å². The van der Waals surface area contributed by atoms with Crippen molar-refractivity contribution in [1.29, 1.82) is 0 Å². The van der Waals surface area contributed by atoms with Gasteiger partial charge in [-0.15, -0.1) is 0 Å². The van der Waals surface area contributed by atoms with Crippen LogP contribution in [0.15, 0.2) is 16.5 Å². The average Bonchev–Trinajstić information content (AvgIpc) is 2.74. The molecule has 1 aliphatic rings. The summed E-state index contributed by atoms with van der Waals surface area (Å²) in [4.78, 5) is 13.1. The minimum atomic E-state index is -0.728. The summed E-state index contributed by atoms with van der Waals surface area (Å²) in [7, 11) is 0. The Labute approximate surface area is 94.9 Å². The lowest BCUT2D eigenvalue weighted by Crippen LogP contribution is -2.38. The largest absolute Gasteiger partial charge is 0.480 e. The summed E-state index contributed by atoms with van der Waals surface area (Å²) in [5, 5.41) is 9.17. The van der Waals surface area contributed by atoms with Crippen LogP contribution in [0.3, 0.4) is 0 Å². The van der Waals surface area contributed by atoms with Crippen LogP contribution in [0.5, 0.6) is 0 Å². The summed E-state index contributed by atoms with van der Waals surface area (Å²) in [6.07, 6.45) is 0.941. The lowest BCUT2D eigenvalue weighted by Gasteiger charge is -2.21. The Morgan fingerprint density at radius 1 is 1.62 bits per heavy atom. The average molecular weight is 223 g/mol. The molecular weight excluding hydrogens is 206 g/mol. The number of carboxylic acids is 1. The second kappa shape index (κ2) is 4.29. The highest BCUT2D eigenvalue weighted by Gasteiger charge is 2.36. The summed E-state index contributed by atoms with van der Waals surface area (Å²) in [6, 6.07) is 3.45. The van der Waals surface area contributed by atoms with E-state index in [4.69, 9.17) is 9.52 Å². The van der Waals surface area contributed by atoms with Crippen LogP contribution < -0.4 is 0 Å². The van der Waals surface area contributed by atoms with Gasteiger partial charge in [0.15, 0.2) is 0 Å². The predicted molar refractivity (Wildman–Crippen MR) is 59.1 cm³/mol. The van der Waals surface area contributed by atoms with Crippen LogP contribution in [-0.4, -0.2) is 28.6 Å². The summed E-state index contributed by atoms with van der Waals surface area (Å²) < 4.78 is 5.47. The molecule has 4 nitrogen and oxygen atoms in total. The third-order valence-corrected chi connectivity index (χ3v) is 3.21. The highest BCUT2D eigenvalue weighted by atomic mass is 16.4. The normalized spacial score (nSPS) is 26.1. The molecule has 2 unspecified atom stereocenters. The fourth-order valence-electron chi connectivity index (χ4n) is 2.37. The molecule has 0 amide bonds. The van der Waals surface area contributed by atoms with E-state index in [9.17, 15) is 4.79 Å². The summed E-state index contributed by atoms with van der Waals surface area (Å²) in [5.41, 5.74) is 0. The zero-order valence-electron chi connectivity index (χ0n) is 9.64. The molecule has 2 rings (SSSR count). The zero-order chi connectivity index (χ0) is 11.7. The van der Waals surface area contributed by atoms with Gasteiger partial charge in [0.2, 0.25) is 0 Å². The Morgan fingerprint density at radius 3 is 2.94 bits per heavy atom. The molecule has 0 spiro atoms. The molecule has 0 aliphatic carbocycles. The maximum atomic E-state index is 11.1. The van der Waals surface area contributed by atoms with Crippen molar-refractivity contribution in [3.8, 4) is 0 Å². The number of carbonyl (C=O) groups is 1. The van der Waals surface area contributed by atoms with Crippen LogP contribution in [-0.2, 0) is 11.3 Å². The van der Waals surface area contributed by atoms with E-state index < -0.39 is 5.97 Å². The molecule has 0 bridgehead atoms. The molecule has 1 saturated heterocycles. The number of hydrogen-bond donors (Lipinski definition) is 1. The Hall–Kier alpha value is -1.29. The number of furan rings is 1. The van der Waals surface area contributed by atoms with E-state index in [2.05, 4.69) is 0 Å². The van der Waals surface area contributed by atoms with Gasteiger partial charge >= 0.3 is 5.97 Å². The third kappa shape index (κ3) is 2.11. The van der Waals surface area contributed by atoms with Crippen molar-refractivity contribution in [2.24, 2.45) is 5.92 Å². The van der Waals surface area contributed by atoms with Crippen molar-refractivity contribution in [2.45, 2.75) is 32.9 Å². The van der Waals surface area contributed by atoms with Crippen molar-refractivity contribution in [3.05, 3.63) is 23.7 Å². The highest BCUT2D eigenvalue weighted by Crippen LogP contribution is 2.26. The molecule has 2 atom stereocenters. The van der Waals surface area contributed by atoms with Crippen LogP contribution in [0.4, 0.5) is 0 Å². The number of aliphatic carboxylic acids is 1. The zero-order valence-corrected chi connectivity index (χ0v) is 9.64. The first kappa shape index (κ1) is 11.2. The number of rotatable bonds is 3. The molecule has 0 radical (unpaired) electrons. The molecule has 0 aromatic carbocycles. The van der Waals surface area contributed by atoms with E-state index in [1.165, 1.54) is 0 Å². The molecule has 2 heterocycles. The summed E-state index contributed by atoms with van der Waals surface area (Å²) in [5.74, 6) is 1.20. The number of hydrogen-bond acceptors (Lipinski definition) is 3. The van der Waals surface area contributed by atoms with E-state index in [0.717, 1.165) is 24.5 Å². The summed E-state index contributed by atoms with van der Waals surface area (Å²) in [6.45, 7) is 5.31. The van der Waals surface area contributed by atoms with Crippen molar-refractivity contribution in [3.63, 3.8) is 0 Å². The molecule has 4 heteroatoms. The number of likely N-dealkylation sites (tertiary alicyclic amines) is 1. The molecule has 1 aliphatic heterocycles. The first-order valence-electron chi connectivity index (χ1n) is 5.60. The van der Waals surface area contributed by atoms with Gasteiger partial charge in [-0.1, -0.05) is 6.92 Å². The highest BCUT2D eigenvalue weighted by molar-refractivity contribution is 5.74. The van der Waals surface area contributed by atoms with Crippen molar-refractivity contribution >= 4 is 5.97 Å². The van der Waals surface area contributed by atoms with Crippen molar-refractivity contribution in [1.82, 2.24) is 4.90 Å². The maximum Gasteiger partial charge on any atom is 0.321 e. The molecule has 16 heavy (non-hydrogen) atoms. The van der Waals surface area contributed by atoms with Crippen molar-refractivity contribution < 1.29 is 14.3 Å². The van der Waals surface area contributed by atoms with Gasteiger partial charge in [0.25, 0.3) is 0 Å². The van der Waals surface area contributed by atoms with Gasteiger partial charge in [-0.3, -0.25) is 9.69 Å². The van der Waals surface area contributed by atoms with Gasteiger partial charge < -0.3 is 9.52 Å². The second-order valence-corrected chi connectivity index (χ2v) is 4.53. The first-order chi connectivity index (χ1) is 7.58. The number of nitrogens with zero attached hydrogens (tertiary/aromatic N) is 1. The van der Waals surface area contributed by atoms with E-state index in [1.54, 1.807) is 0 Å². The molecule has 1 N–H and O–H groups in total. The maximum absolute atomic E-state index is 11.1. The third-order valence-electron chi connectivity index (χ3n) is 3.21. The van der Waals surface area contributed by atoms with Crippen LogP contribution >= 0.6 is 0 Å². The summed E-state index contributed by atoms with van der Waals surface area (Å²) >= 11 is 0. The number of aryl methyl sites for hydroxylation is 1. The van der Waals surface area contributed by atoms with Gasteiger partial charge in [0.1, 0.15) is 17.6 Å². The van der Waals surface area contributed by atoms with Crippen LogP contribution in [0.25, 0.3) is 0 Å². The van der Waals surface area contributed by atoms with Gasteiger partial charge in [-0.25, -0.2) is 0 Å². The lowest BCUT2D eigenvalue weighted by molar-refractivity contribution is -0.143. The fraction of sp³-hybridized carbons (Fsp3) is 0.583. The van der Waals surface area contributed by atoms with Crippen molar-refractivity contribution in [2.75, 3.05) is 6.54 Å². The Morgan fingerprint density at radius 2 is 2.38 bits per heavy atom. The molecule has 1 aromatic rings.